The molecule has 0 aliphatic rings. The highest BCUT2D eigenvalue weighted by Gasteiger charge is 2.15. The second-order valence-electron chi connectivity index (χ2n) is 5.42. The maximum absolute atomic E-state index is 4.46. The van der Waals surface area contributed by atoms with Gasteiger partial charge in [0.1, 0.15) is 0 Å². The van der Waals surface area contributed by atoms with Gasteiger partial charge < -0.3 is 5.32 Å². The van der Waals surface area contributed by atoms with Gasteiger partial charge in [0.15, 0.2) is 0 Å². The first-order valence-corrected chi connectivity index (χ1v) is 6.67. The summed E-state index contributed by atoms with van der Waals surface area (Å²) in [6, 6.07) is 0.399. The predicted molar refractivity (Wildman–Crippen MR) is 73.2 cm³/mol. The van der Waals surface area contributed by atoms with Crippen LogP contribution in [-0.4, -0.2) is 16.3 Å². The van der Waals surface area contributed by atoms with E-state index in [0.717, 1.165) is 18.2 Å². The van der Waals surface area contributed by atoms with Crippen LogP contribution in [-0.2, 0) is 7.05 Å². The van der Waals surface area contributed by atoms with Gasteiger partial charge in [0, 0.05) is 24.3 Å². The lowest BCUT2D eigenvalue weighted by atomic mass is 10.1. The Labute approximate surface area is 106 Å². The van der Waals surface area contributed by atoms with Gasteiger partial charge >= 0.3 is 0 Å². The molecule has 1 aromatic rings. The van der Waals surface area contributed by atoms with E-state index in [1.165, 1.54) is 24.1 Å². The molecule has 17 heavy (non-hydrogen) atoms. The van der Waals surface area contributed by atoms with Crippen molar-refractivity contribution in [3.63, 3.8) is 0 Å². The van der Waals surface area contributed by atoms with E-state index in [0.29, 0.717) is 6.04 Å². The van der Waals surface area contributed by atoms with Crippen LogP contribution >= 0.6 is 0 Å². The standard InChI is InChI=1S/C14H27N3/c1-10(2)8-7-9-15-11(3)14-12(4)16-17(6)13(14)5/h10-11,15H,7-9H2,1-6H3. The molecule has 98 valence electrons. The molecule has 1 atom stereocenters. The predicted octanol–water partition coefficient (Wildman–Crippen LogP) is 3.12. The van der Waals surface area contributed by atoms with E-state index in [4.69, 9.17) is 0 Å². The average Bonchev–Trinajstić information content (AvgIpc) is 2.48. The van der Waals surface area contributed by atoms with Gasteiger partial charge in [-0.1, -0.05) is 13.8 Å². The summed E-state index contributed by atoms with van der Waals surface area (Å²) in [6.45, 7) is 12.1. The molecule has 0 amide bonds. The first-order chi connectivity index (χ1) is 7.93. The molecule has 1 rings (SSSR count). The van der Waals surface area contributed by atoms with E-state index >= 15 is 0 Å². The zero-order valence-electron chi connectivity index (χ0n) is 12.2. The number of aryl methyl sites for hydroxylation is 2. The Kier molecular flexibility index (Phi) is 5.19. The van der Waals surface area contributed by atoms with Crippen molar-refractivity contribution in [3.8, 4) is 0 Å². The summed E-state index contributed by atoms with van der Waals surface area (Å²) >= 11 is 0. The Morgan fingerprint density at radius 1 is 1.24 bits per heavy atom. The number of nitrogens with one attached hydrogen (secondary N) is 1. The highest BCUT2D eigenvalue weighted by atomic mass is 15.3. The van der Waals surface area contributed by atoms with Crippen LogP contribution in [0.5, 0.6) is 0 Å². The fourth-order valence-electron chi connectivity index (χ4n) is 2.35. The van der Waals surface area contributed by atoms with E-state index in [1.54, 1.807) is 0 Å². The van der Waals surface area contributed by atoms with Crippen LogP contribution in [0, 0.1) is 19.8 Å². The lowest BCUT2D eigenvalue weighted by molar-refractivity contribution is 0.495. The van der Waals surface area contributed by atoms with Gasteiger partial charge in [-0.2, -0.15) is 5.10 Å². The molecule has 3 heteroatoms. The third-order valence-electron chi connectivity index (χ3n) is 3.41. The van der Waals surface area contributed by atoms with Gasteiger partial charge in [-0.25, -0.2) is 0 Å². The maximum atomic E-state index is 4.46. The number of hydrogen-bond donors (Lipinski definition) is 1. The van der Waals surface area contributed by atoms with Gasteiger partial charge in [0.2, 0.25) is 0 Å². The minimum Gasteiger partial charge on any atom is -0.310 e. The zero-order chi connectivity index (χ0) is 13.0. The molecule has 0 spiro atoms. The van der Waals surface area contributed by atoms with Crippen LogP contribution in [0.1, 0.15) is 56.6 Å². The van der Waals surface area contributed by atoms with E-state index < -0.39 is 0 Å². The Bertz CT molecular complexity index is 353. The van der Waals surface area contributed by atoms with Crippen molar-refractivity contribution in [2.45, 2.75) is 53.5 Å². The van der Waals surface area contributed by atoms with Gasteiger partial charge in [-0.05, 0) is 46.1 Å². The lowest BCUT2D eigenvalue weighted by Gasteiger charge is -2.15. The van der Waals surface area contributed by atoms with Crippen LogP contribution in [0.3, 0.4) is 0 Å². The van der Waals surface area contributed by atoms with Crippen molar-refractivity contribution in [1.82, 2.24) is 15.1 Å². The van der Waals surface area contributed by atoms with Crippen molar-refractivity contribution in [2.75, 3.05) is 6.54 Å². The first-order valence-electron chi connectivity index (χ1n) is 6.67. The van der Waals surface area contributed by atoms with Crippen LogP contribution in [0.4, 0.5) is 0 Å². The summed E-state index contributed by atoms with van der Waals surface area (Å²) < 4.78 is 1.97. The molecular formula is C14H27N3. The van der Waals surface area contributed by atoms with E-state index in [-0.39, 0.29) is 0 Å². The fourth-order valence-corrected chi connectivity index (χ4v) is 2.35. The minimum atomic E-state index is 0.399. The van der Waals surface area contributed by atoms with Gasteiger partial charge in [0.05, 0.1) is 5.69 Å². The Morgan fingerprint density at radius 3 is 2.35 bits per heavy atom. The normalized spacial score (nSPS) is 13.4. The van der Waals surface area contributed by atoms with Crippen LogP contribution < -0.4 is 5.32 Å². The second kappa shape index (κ2) is 6.20. The second-order valence-corrected chi connectivity index (χ2v) is 5.42. The van der Waals surface area contributed by atoms with Gasteiger partial charge in [-0.3, -0.25) is 4.68 Å². The van der Waals surface area contributed by atoms with Crippen LogP contribution in [0.15, 0.2) is 0 Å². The molecule has 1 aromatic heterocycles. The summed E-state index contributed by atoms with van der Waals surface area (Å²) in [7, 11) is 2.01. The number of hydrogen-bond acceptors (Lipinski definition) is 2. The molecule has 1 unspecified atom stereocenters. The summed E-state index contributed by atoms with van der Waals surface area (Å²) in [5.41, 5.74) is 3.78. The highest BCUT2D eigenvalue weighted by molar-refractivity contribution is 5.27. The largest absolute Gasteiger partial charge is 0.310 e. The SMILES string of the molecule is Cc1nn(C)c(C)c1C(C)NCCCC(C)C. The minimum absolute atomic E-state index is 0.399. The van der Waals surface area contributed by atoms with Crippen molar-refractivity contribution >= 4 is 0 Å². The zero-order valence-corrected chi connectivity index (χ0v) is 12.2. The Balaban J connectivity index is 2.49. The molecule has 0 fully saturated rings. The van der Waals surface area contributed by atoms with Crippen LogP contribution in [0.2, 0.25) is 0 Å². The Morgan fingerprint density at radius 2 is 1.88 bits per heavy atom. The number of rotatable bonds is 6. The van der Waals surface area contributed by atoms with Gasteiger partial charge in [-0.15, -0.1) is 0 Å². The highest BCUT2D eigenvalue weighted by Crippen LogP contribution is 2.20. The fraction of sp³-hybridized carbons (Fsp3) is 0.786. The van der Waals surface area contributed by atoms with Crippen LogP contribution in [0.25, 0.3) is 0 Å². The molecule has 0 aliphatic heterocycles. The lowest BCUT2D eigenvalue weighted by Crippen LogP contribution is -2.21. The van der Waals surface area contributed by atoms with E-state index in [2.05, 4.69) is 45.0 Å². The van der Waals surface area contributed by atoms with Crippen molar-refractivity contribution in [1.29, 1.82) is 0 Å². The topological polar surface area (TPSA) is 29.9 Å². The molecule has 0 aliphatic carbocycles. The molecule has 0 aromatic carbocycles. The molecule has 0 radical (unpaired) electrons. The molecule has 0 saturated heterocycles. The molecule has 1 N–H and O–H groups in total. The smallest absolute Gasteiger partial charge is 0.0644 e. The molecular weight excluding hydrogens is 210 g/mol. The third-order valence-corrected chi connectivity index (χ3v) is 3.41. The first kappa shape index (κ1) is 14.2. The van der Waals surface area contributed by atoms with Crippen molar-refractivity contribution < 1.29 is 0 Å². The Hall–Kier alpha value is -0.830. The summed E-state index contributed by atoms with van der Waals surface area (Å²) in [6.07, 6.45) is 2.55. The molecule has 0 bridgehead atoms. The number of aromatic nitrogens is 2. The average molecular weight is 237 g/mol. The van der Waals surface area contributed by atoms with Crippen molar-refractivity contribution in [3.05, 3.63) is 17.0 Å². The van der Waals surface area contributed by atoms with Crippen molar-refractivity contribution in [2.24, 2.45) is 13.0 Å². The monoisotopic (exact) mass is 237 g/mol. The van der Waals surface area contributed by atoms with E-state index in [1.807, 2.05) is 11.7 Å². The van der Waals surface area contributed by atoms with E-state index in [9.17, 15) is 0 Å². The third kappa shape index (κ3) is 3.84. The maximum Gasteiger partial charge on any atom is 0.0644 e. The summed E-state index contributed by atoms with van der Waals surface area (Å²) in [4.78, 5) is 0. The molecule has 1 heterocycles. The van der Waals surface area contributed by atoms with Gasteiger partial charge in [0.25, 0.3) is 0 Å². The molecule has 3 nitrogen and oxygen atoms in total. The quantitative estimate of drug-likeness (QED) is 0.770. The number of nitrogens with zero attached hydrogens (tertiary/aromatic N) is 2. The summed E-state index contributed by atoms with van der Waals surface area (Å²) in [5.74, 6) is 0.800. The molecule has 0 saturated carbocycles. The summed E-state index contributed by atoms with van der Waals surface area (Å²) in [5, 5.41) is 8.06.